The van der Waals surface area contributed by atoms with E-state index in [1.165, 1.54) is 12.4 Å². The lowest BCUT2D eigenvalue weighted by molar-refractivity contribution is 0.226. The highest BCUT2D eigenvalue weighted by molar-refractivity contribution is 5.31. The van der Waals surface area contributed by atoms with Crippen molar-refractivity contribution in [1.29, 1.82) is 0 Å². The Labute approximate surface area is 82.2 Å². The van der Waals surface area contributed by atoms with Crippen LogP contribution >= 0.6 is 0 Å². The van der Waals surface area contributed by atoms with Crippen molar-refractivity contribution in [2.24, 2.45) is 5.92 Å². The third kappa shape index (κ3) is 2.56. The van der Waals surface area contributed by atoms with Crippen LogP contribution in [0.4, 0.5) is 5.82 Å². The monoisotopic (exact) mass is 197 g/mol. The van der Waals surface area contributed by atoms with Gasteiger partial charge in [-0.15, -0.1) is 0 Å². The van der Waals surface area contributed by atoms with E-state index in [-0.39, 0.29) is 24.1 Å². The van der Waals surface area contributed by atoms with Crippen LogP contribution in [0.5, 0.6) is 0 Å². The maximum atomic E-state index is 11.2. The topological polar surface area (TPSA) is 78.0 Å². The van der Waals surface area contributed by atoms with E-state index in [1.807, 2.05) is 13.8 Å². The first-order valence-corrected chi connectivity index (χ1v) is 4.56. The molecule has 5 nitrogen and oxygen atoms in total. The van der Waals surface area contributed by atoms with Gasteiger partial charge in [-0.05, 0) is 12.8 Å². The van der Waals surface area contributed by atoms with Gasteiger partial charge in [-0.1, -0.05) is 6.92 Å². The second-order valence-corrected chi connectivity index (χ2v) is 3.36. The van der Waals surface area contributed by atoms with Crippen molar-refractivity contribution >= 4 is 5.82 Å². The van der Waals surface area contributed by atoms with Gasteiger partial charge in [-0.25, -0.2) is 4.98 Å². The number of H-pyrrole nitrogens is 1. The zero-order valence-corrected chi connectivity index (χ0v) is 8.32. The van der Waals surface area contributed by atoms with Crippen molar-refractivity contribution in [3.05, 3.63) is 22.7 Å². The molecule has 0 aliphatic heterocycles. The Bertz CT molecular complexity index is 337. The van der Waals surface area contributed by atoms with Crippen molar-refractivity contribution in [2.45, 2.75) is 19.9 Å². The molecular formula is C9H15N3O2. The van der Waals surface area contributed by atoms with Gasteiger partial charge in [-0.3, -0.25) is 4.79 Å². The van der Waals surface area contributed by atoms with E-state index < -0.39 is 0 Å². The summed E-state index contributed by atoms with van der Waals surface area (Å²) >= 11 is 0. The Morgan fingerprint density at radius 2 is 2.36 bits per heavy atom. The third-order valence-electron chi connectivity index (χ3n) is 2.21. The highest BCUT2D eigenvalue weighted by Gasteiger charge is 2.12. The molecule has 0 saturated heterocycles. The minimum atomic E-state index is -0.246. The van der Waals surface area contributed by atoms with E-state index in [9.17, 15) is 4.79 Å². The second kappa shape index (κ2) is 4.76. The summed E-state index contributed by atoms with van der Waals surface area (Å²) in [5.74, 6) is 0.372. The maximum absolute atomic E-state index is 11.2. The summed E-state index contributed by atoms with van der Waals surface area (Å²) in [4.78, 5) is 17.6. The van der Waals surface area contributed by atoms with E-state index in [0.717, 1.165) is 0 Å². The maximum Gasteiger partial charge on any atom is 0.290 e. The van der Waals surface area contributed by atoms with Gasteiger partial charge in [0.1, 0.15) is 0 Å². The number of anilines is 1. The fraction of sp³-hybridized carbons (Fsp3) is 0.556. The van der Waals surface area contributed by atoms with Gasteiger partial charge in [0.05, 0.1) is 0 Å². The molecule has 0 saturated carbocycles. The molecule has 3 N–H and O–H groups in total. The van der Waals surface area contributed by atoms with Crippen LogP contribution in [0.15, 0.2) is 17.2 Å². The average molecular weight is 197 g/mol. The van der Waals surface area contributed by atoms with Crippen molar-refractivity contribution in [2.75, 3.05) is 11.9 Å². The highest BCUT2D eigenvalue weighted by Crippen LogP contribution is 2.05. The van der Waals surface area contributed by atoms with Crippen LogP contribution < -0.4 is 10.9 Å². The highest BCUT2D eigenvalue weighted by atomic mass is 16.3. The molecule has 0 amide bonds. The fourth-order valence-corrected chi connectivity index (χ4v) is 0.971. The summed E-state index contributed by atoms with van der Waals surface area (Å²) in [7, 11) is 0. The Morgan fingerprint density at radius 3 is 2.93 bits per heavy atom. The number of aromatic nitrogens is 2. The number of aromatic amines is 1. The van der Waals surface area contributed by atoms with E-state index in [0.29, 0.717) is 5.82 Å². The first-order chi connectivity index (χ1) is 6.65. The van der Waals surface area contributed by atoms with Gasteiger partial charge >= 0.3 is 0 Å². The smallest absolute Gasteiger partial charge is 0.290 e. The predicted molar refractivity (Wildman–Crippen MR) is 54.2 cm³/mol. The number of aliphatic hydroxyl groups is 1. The number of hydrogen-bond acceptors (Lipinski definition) is 4. The summed E-state index contributed by atoms with van der Waals surface area (Å²) in [5.41, 5.74) is -0.246. The lowest BCUT2D eigenvalue weighted by Gasteiger charge is -2.18. The summed E-state index contributed by atoms with van der Waals surface area (Å²) < 4.78 is 0. The number of hydrogen-bond donors (Lipinski definition) is 3. The van der Waals surface area contributed by atoms with Crippen molar-refractivity contribution in [3.63, 3.8) is 0 Å². The van der Waals surface area contributed by atoms with E-state index in [1.54, 1.807) is 0 Å². The molecule has 2 unspecified atom stereocenters. The van der Waals surface area contributed by atoms with E-state index in [4.69, 9.17) is 5.11 Å². The minimum absolute atomic E-state index is 0.0102. The molecule has 0 aromatic carbocycles. The SMILES string of the molecule is CC(CO)C(C)Nc1ncc[nH]c1=O. The van der Waals surface area contributed by atoms with Crippen molar-refractivity contribution in [1.82, 2.24) is 9.97 Å². The Kier molecular flexibility index (Phi) is 3.64. The molecule has 0 bridgehead atoms. The largest absolute Gasteiger partial charge is 0.396 e. The molecule has 1 heterocycles. The summed E-state index contributed by atoms with van der Waals surface area (Å²) in [5, 5.41) is 11.9. The van der Waals surface area contributed by atoms with Crippen molar-refractivity contribution < 1.29 is 5.11 Å². The zero-order chi connectivity index (χ0) is 10.6. The third-order valence-corrected chi connectivity index (χ3v) is 2.21. The van der Waals surface area contributed by atoms with Crippen LogP contribution in [0.25, 0.3) is 0 Å². The zero-order valence-electron chi connectivity index (χ0n) is 8.32. The van der Waals surface area contributed by atoms with Crippen LogP contribution in [0.3, 0.4) is 0 Å². The fourth-order valence-electron chi connectivity index (χ4n) is 0.971. The molecule has 0 radical (unpaired) electrons. The summed E-state index contributed by atoms with van der Waals surface area (Å²) in [6.45, 7) is 3.88. The molecule has 1 aromatic rings. The van der Waals surface area contributed by atoms with Crippen LogP contribution in [0.1, 0.15) is 13.8 Å². The van der Waals surface area contributed by atoms with Gasteiger partial charge in [0.25, 0.3) is 5.56 Å². The average Bonchev–Trinajstić information content (AvgIpc) is 2.20. The molecule has 5 heteroatoms. The van der Waals surface area contributed by atoms with Gasteiger partial charge in [0.2, 0.25) is 0 Å². The molecule has 78 valence electrons. The van der Waals surface area contributed by atoms with Crippen molar-refractivity contribution in [3.8, 4) is 0 Å². The molecular weight excluding hydrogens is 182 g/mol. The Balaban J connectivity index is 2.69. The molecule has 1 rings (SSSR count). The van der Waals surface area contributed by atoms with Crippen LogP contribution in [0, 0.1) is 5.92 Å². The molecule has 0 aliphatic rings. The lowest BCUT2D eigenvalue weighted by Crippen LogP contribution is -2.29. The number of aliphatic hydroxyl groups excluding tert-OH is 1. The quantitative estimate of drug-likeness (QED) is 0.644. The second-order valence-electron chi connectivity index (χ2n) is 3.36. The molecule has 0 aliphatic carbocycles. The van der Waals surface area contributed by atoms with Gasteiger partial charge < -0.3 is 15.4 Å². The van der Waals surface area contributed by atoms with E-state index in [2.05, 4.69) is 15.3 Å². The normalized spacial score (nSPS) is 14.8. The summed E-state index contributed by atoms with van der Waals surface area (Å²) in [6, 6.07) is 0.0102. The lowest BCUT2D eigenvalue weighted by atomic mass is 10.1. The number of nitrogens with zero attached hydrogens (tertiary/aromatic N) is 1. The van der Waals surface area contributed by atoms with Crippen LogP contribution in [-0.2, 0) is 0 Å². The Hall–Kier alpha value is -1.36. The number of rotatable bonds is 4. The van der Waals surface area contributed by atoms with Crippen LogP contribution in [0.2, 0.25) is 0 Å². The summed E-state index contributed by atoms with van der Waals surface area (Å²) in [6.07, 6.45) is 2.99. The standard InChI is InChI=1S/C9H15N3O2/c1-6(5-13)7(2)12-8-9(14)11-4-3-10-8/h3-4,6-7,13H,5H2,1-2H3,(H,10,12)(H,11,14). The minimum Gasteiger partial charge on any atom is -0.396 e. The molecule has 0 spiro atoms. The van der Waals surface area contributed by atoms with Gasteiger partial charge in [0, 0.05) is 25.0 Å². The number of nitrogens with one attached hydrogen (secondary N) is 2. The first kappa shape index (κ1) is 10.7. The van der Waals surface area contributed by atoms with Gasteiger partial charge in [0.15, 0.2) is 5.82 Å². The predicted octanol–water partition coefficient (Wildman–Crippen LogP) is 0.199. The molecule has 2 atom stereocenters. The molecule has 1 aromatic heterocycles. The molecule has 14 heavy (non-hydrogen) atoms. The Morgan fingerprint density at radius 1 is 1.64 bits per heavy atom. The van der Waals surface area contributed by atoms with Gasteiger partial charge in [-0.2, -0.15) is 0 Å². The molecule has 0 fully saturated rings. The van der Waals surface area contributed by atoms with Crippen LogP contribution in [-0.4, -0.2) is 27.7 Å². The van der Waals surface area contributed by atoms with E-state index >= 15 is 0 Å². The first-order valence-electron chi connectivity index (χ1n) is 4.56.